The average molecular weight is 400 g/mol. The molecule has 1 aromatic rings. The van der Waals surface area contributed by atoms with E-state index in [9.17, 15) is 4.79 Å². The molecule has 3 nitrogen and oxygen atoms in total. The third-order valence-electron chi connectivity index (χ3n) is 2.89. The first-order valence-corrected chi connectivity index (χ1v) is 6.87. The molecule has 0 bridgehead atoms. The van der Waals surface area contributed by atoms with E-state index in [2.05, 4.69) is 51.0 Å². The van der Waals surface area contributed by atoms with Crippen LogP contribution < -0.4 is 5.32 Å². The van der Waals surface area contributed by atoms with Gasteiger partial charge in [0.2, 0.25) is 0 Å². The second kappa shape index (κ2) is 5.80. The number of alkyl carbamates (subject to hydrolysis) is 1. The van der Waals surface area contributed by atoms with Gasteiger partial charge in [-0.15, -0.1) is 12.4 Å². The first kappa shape index (κ1) is 15.8. The van der Waals surface area contributed by atoms with E-state index in [1.54, 1.807) is 0 Å². The summed E-state index contributed by atoms with van der Waals surface area (Å²) < 4.78 is 7.02. The van der Waals surface area contributed by atoms with Gasteiger partial charge in [-0.1, -0.05) is 45.7 Å². The number of benzene rings is 1. The zero-order valence-electron chi connectivity index (χ0n) is 10.00. The molecule has 18 heavy (non-hydrogen) atoms. The summed E-state index contributed by atoms with van der Waals surface area (Å²) in [5, 5.41) is 2.88. The lowest BCUT2D eigenvalue weighted by Crippen LogP contribution is -2.47. The molecule has 1 aliphatic heterocycles. The highest BCUT2D eigenvalue weighted by atomic mass is 79.9. The lowest BCUT2D eigenvalue weighted by atomic mass is 9.80. The molecule has 1 N–H and O–H groups in total. The fraction of sp³-hybridized carbons (Fsp3) is 0.417. The van der Waals surface area contributed by atoms with Crippen molar-refractivity contribution in [1.29, 1.82) is 0 Å². The summed E-state index contributed by atoms with van der Waals surface area (Å²) in [6.45, 7) is 4.57. The molecule has 1 atom stereocenters. The smallest absolute Gasteiger partial charge is 0.407 e. The zero-order chi connectivity index (χ0) is 12.6. The van der Waals surface area contributed by atoms with Gasteiger partial charge in [0.25, 0.3) is 0 Å². The van der Waals surface area contributed by atoms with Gasteiger partial charge in [-0.3, -0.25) is 0 Å². The van der Waals surface area contributed by atoms with Crippen LogP contribution in [0.5, 0.6) is 0 Å². The highest BCUT2D eigenvalue weighted by Gasteiger charge is 2.38. The Bertz CT molecular complexity index is 465. The van der Waals surface area contributed by atoms with Gasteiger partial charge in [-0.05, 0) is 23.8 Å². The largest absolute Gasteiger partial charge is 0.449 e. The highest BCUT2D eigenvalue weighted by molar-refractivity contribution is 9.11. The van der Waals surface area contributed by atoms with Gasteiger partial charge in [-0.2, -0.15) is 0 Å². The second-order valence-corrected chi connectivity index (χ2v) is 6.58. The number of amides is 1. The standard InChI is InChI=1S/C12H13Br2NO2.ClH/c1-12(2)6-17-11(16)15-10(12)8-5-7(13)3-4-9(8)14;/h3-5,10H,6H2,1-2H3,(H,15,16);1H/t10-;/m0./s1. The molecule has 2 rings (SSSR count). The van der Waals surface area contributed by atoms with Crippen molar-refractivity contribution >= 4 is 50.4 Å². The molecule has 1 aliphatic rings. The number of hydrogen-bond acceptors (Lipinski definition) is 2. The first-order valence-electron chi connectivity index (χ1n) is 5.28. The maximum Gasteiger partial charge on any atom is 0.407 e. The first-order chi connectivity index (χ1) is 7.90. The van der Waals surface area contributed by atoms with E-state index in [0.717, 1.165) is 14.5 Å². The van der Waals surface area contributed by atoms with Crippen molar-refractivity contribution in [3.05, 3.63) is 32.7 Å². The molecule has 1 fully saturated rings. The summed E-state index contributed by atoms with van der Waals surface area (Å²) in [7, 11) is 0. The van der Waals surface area contributed by atoms with Crippen molar-refractivity contribution in [2.75, 3.05) is 6.61 Å². The lowest BCUT2D eigenvalue weighted by Gasteiger charge is -2.39. The molecular formula is C12H14Br2ClNO2. The van der Waals surface area contributed by atoms with Crippen molar-refractivity contribution in [2.45, 2.75) is 19.9 Å². The van der Waals surface area contributed by atoms with Crippen LogP contribution in [0.25, 0.3) is 0 Å². The Balaban J connectivity index is 0.00000162. The van der Waals surface area contributed by atoms with Crippen LogP contribution in [0.1, 0.15) is 25.5 Å². The number of nitrogens with one attached hydrogen (secondary N) is 1. The molecular weight excluding hydrogens is 385 g/mol. The summed E-state index contributed by atoms with van der Waals surface area (Å²) >= 11 is 6.98. The van der Waals surface area contributed by atoms with E-state index in [1.807, 2.05) is 18.2 Å². The topological polar surface area (TPSA) is 38.3 Å². The van der Waals surface area contributed by atoms with Crippen LogP contribution in [0.15, 0.2) is 27.1 Å². The summed E-state index contributed by atoms with van der Waals surface area (Å²) in [6, 6.07) is 5.89. The Kier molecular flexibility index (Phi) is 5.09. The molecule has 0 aliphatic carbocycles. The molecule has 0 aromatic heterocycles. The molecule has 1 aromatic carbocycles. The fourth-order valence-electron chi connectivity index (χ4n) is 1.92. The number of carbonyl (C=O) groups is 1. The van der Waals surface area contributed by atoms with Crippen molar-refractivity contribution in [1.82, 2.24) is 5.32 Å². The number of rotatable bonds is 1. The van der Waals surface area contributed by atoms with E-state index in [1.165, 1.54) is 0 Å². The third-order valence-corrected chi connectivity index (χ3v) is 4.10. The Morgan fingerprint density at radius 3 is 2.72 bits per heavy atom. The molecule has 100 valence electrons. The SMILES string of the molecule is CC1(C)COC(=O)N[C@H]1c1cc(Br)ccc1Br.Cl. The Morgan fingerprint density at radius 2 is 2.06 bits per heavy atom. The number of hydrogen-bond donors (Lipinski definition) is 1. The van der Waals surface area contributed by atoms with Crippen LogP contribution in [-0.4, -0.2) is 12.7 Å². The molecule has 0 radical (unpaired) electrons. The monoisotopic (exact) mass is 397 g/mol. The van der Waals surface area contributed by atoms with Crippen molar-refractivity contribution < 1.29 is 9.53 Å². The van der Waals surface area contributed by atoms with E-state index in [4.69, 9.17) is 4.74 Å². The quantitative estimate of drug-likeness (QED) is 0.758. The minimum Gasteiger partial charge on any atom is -0.449 e. The molecule has 1 heterocycles. The molecule has 1 saturated heterocycles. The fourth-order valence-corrected chi connectivity index (χ4v) is 2.78. The summed E-state index contributed by atoms with van der Waals surface area (Å²) in [5.41, 5.74) is 0.915. The van der Waals surface area contributed by atoms with Crippen LogP contribution in [0.4, 0.5) is 4.79 Å². The molecule has 6 heteroatoms. The minimum absolute atomic E-state index is 0. The van der Waals surface area contributed by atoms with Gasteiger partial charge in [0, 0.05) is 14.4 Å². The van der Waals surface area contributed by atoms with Gasteiger partial charge in [-0.25, -0.2) is 4.79 Å². The van der Waals surface area contributed by atoms with Crippen molar-refractivity contribution in [3.63, 3.8) is 0 Å². The van der Waals surface area contributed by atoms with E-state index < -0.39 is 0 Å². The number of ether oxygens (including phenoxy) is 1. The van der Waals surface area contributed by atoms with Gasteiger partial charge in [0.15, 0.2) is 0 Å². The van der Waals surface area contributed by atoms with E-state index in [0.29, 0.717) is 6.61 Å². The number of carbonyl (C=O) groups excluding carboxylic acids is 1. The zero-order valence-corrected chi connectivity index (χ0v) is 14.0. The maximum absolute atomic E-state index is 11.4. The average Bonchev–Trinajstić information content (AvgIpc) is 2.26. The van der Waals surface area contributed by atoms with Gasteiger partial charge in [0.1, 0.15) is 6.61 Å². The van der Waals surface area contributed by atoms with Crippen LogP contribution in [0.2, 0.25) is 0 Å². The third kappa shape index (κ3) is 3.19. The Hall–Kier alpha value is -0.260. The highest BCUT2D eigenvalue weighted by Crippen LogP contribution is 2.40. The predicted molar refractivity (Wildman–Crippen MR) is 80.1 cm³/mol. The Morgan fingerprint density at radius 1 is 1.39 bits per heavy atom. The number of cyclic esters (lactones) is 1. The second-order valence-electron chi connectivity index (χ2n) is 4.81. The van der Waals surface area contributed by atoms with Crippen LogP contribution >= 0.6 is 44.3 Å². The predicted octanol–water partition coefficient (Wildman–Crippen LogP) is 4.44. The van der Waals surface area contributed by atoms with Gasteiger partial charge >= 0.3 is 6.09 Å². The number of halogens is 3. The minimum atomic E-state index is -0.360. The summed E-state index contributed by atoms with van der Waals surface area (Å²) in [5.74, 6) is 0. The summed E-state index contributed by atoms with van der Waals surface area (Å²) in [6.07, 6.45) is -0.360. The van der Waals surface area contributed by atoms with E-state index >= 15 is 0 Å². The Labute approximate surface area is 129 Å². The van der Waals surface area contributed by atoms with E-state index in [-0.39, 0.29) is 30.0 Å². The molecule has 0 spiro atoms. The maximum atomic E-state index is 11.4. The van der Waals surface area contributed by atoms with Crippen molar-refractivity contribution in [2.24, 2.45) is 5.41 Å². The molecule has 0 saturated carbocycles. The van der Waals surface area contributed by atoms with Crippen molar-refractivity contribution in [3.8, 4) is 0 Å². The van der Waals surface area contributed by atoms with Crippen LogP contribution in [0, 0.1) is 5.41 Å². The molecule has 1 amide bonds. The van der Waals surface area contributed by atoms with Gasteiger partial charge < -0.3 is 10.1 Å². The lowest BCUT2D eigenvalue weighted by molar-refractivity contribution is 0.0385. The normalized spacial score (nSPS) is 21.6. The van der Waals surface area contributed by atoms with Crippen LogP contribution in [-0.2, 0) is 4.74 Å². The molecule has 0 unspecified atom stereocenters. The van der Waals surface area contributed by atoms with Gasteiger partial charge in [0.05, 0.1) is 6.04 Å². The summed E-state index contributed by atoms with van der Waals surface area (Å²) in [4.78, 5) is 11.4. The van der Waals surface area contributed by atoms with Crippen LogP contribution in [0.3, 0.4) is 0 Å².